The van der Waals surface area contributed by atoms with Gasteiger partial charge in [-0.25, -0.2) is 10.2 Å². The van der Waals surface area contributed by atoms with Gasteiger partial charge in [-0.2, -0.15) is 5.10 Å². The molecule has 2 aromatic rings. The third kappa shape index (κ3) is 5.10. The second-order valence-electron chi connectivity index (χ2n) is 4.86. The van der Waals surface area contributed by atoms with Crippen LogP contribution in [-0.2, 0) is 4.79 Å². The van der Waals surface area contributed by atoms with Crippen molar-refractivity contribution in [2.75, 3.05) is 6.61 Å². The summed E-state index contributed by atoms with van der Waals surface area (Å²) in [7, 11) is 0. The highest BCUT2D eigenvalue weighted by Crippen LogP contribution is 2.13. The molecule has 7 heteroatoms. The Bertz CT molecular complexity index is 772. The molecule has 0 unspecified atom stereocenters. The molecule has 0 heterocycles. The summed E-state index contributed by atoms with van der Waals surface area (Å²) < 4.78 is 5.05. The highest BCUT2D eigenvalue weighted by atomic mass is 35.5. The first-order valence-electron chi connectivity index (χ1n) is 7.01. The van der Waals surface area contributed by atoms with Gasteiger partial charge in [-0.1, -0.05) is 17.7 Å². The number of hydrazone groups is 1. The zero-order chi connectivity index (χ0) is 17.5. The lowest BCUT2D eigenvalue weighted by atomic mass is 10.1. The molecule has 6 nitrogen and oxygen atoms in total. The Hall–Kier alpha value is -2.86. The smallest absolute Gasteiger partial charge is 0.341 e. The number of nitrogens with zero attached hydrogens (tertiary/aromatic N) is 1. The maximum Gasteiger partial charge on any atom is 0.341 e. The summed E-state index contributed by atoms with van der Waals surface area (Å²) in [5.41, 5.74) is 4.23. The van der Waals surface area contributed by atoms with Gasteiger partial charge in [-0.05, 0) is 55.0 Å². The van der Waals surface area contributed by atoms with E-state index in [1.807, 2.05) is 0 Å². The highest BCUT2D eigenvalue weighted by Gasteiger charge is 2.06. The van der Waals surface area contributed by atoms with Gasteiger partial charge in [0, 0.05) is 10.6 Å². The summed E-state index contributed by atoms with van der Waals surface area (Å²) in [4.78, 5) is 22.4. The summed E-state index contributed by atoms with van der Waals surface area (Å²) in [5.74, 6) is -0.962. The van der Waals surface area contributed by atoms with Crippen LogP contribution >= 0.6 is 11.6 Å². The zero-order valence-electron chi connectivity index (χ0n) is 12.8. The maximum absolute atomic E-state index is 12.0. The van der Waals surface area contributed by atoms with E-state index in [9.17, 15) is 9.59 Å². The van der Waals surface area contributed by atoms with Gasteiger partial charge in [0.1, 0.15) is 5.75 Å². The first kappa shape index (κ1) is 17.5. The number of hydrogen-bond donors (Lipinski definition) is 2. The first-order valence-corrected chi connectivity index (χ1v) is 7.39. The molecule has 0 atom stereocenters. The number of aliphatic carboxylic acids is 1. The standard InChI is InChI=1S/C17H15ClN2O4/c1-11(12-5-7-15(8-6-12)24-10-16(21)22)19-20-17(23)13-3-2-4-14(18)9-13/h2-9H,10H2,1H3,(H,20,23)(H,21,22)/b19-11-. The summed E-state index contributed by atoms with van der Waals surface area (Å²) >= 11 is 5.84. The van der Waals surface area contributed by atoms with E-state index >= 15 is 0 Å². The van der Waals surface area contributed by atoms with Gasteiger partial charge in [0.05, 0.1) is 5.71 Å². The minimum atomic E-state index is -1.04. The minimum absolute atomic E-state index is 0.363. The number of carbonyl (C=O) groups excluding carboxylic acids is 1. The number of benzene rings is 2. The Morgan fingerprint density at radius 1 is 1.17 bits per heavy atom. The number of carboxylic acids is 1. The van der Waals surface area contributed by atoms with Gasteiger partial charge in [0.2, 0.25) is 0 Å². The molecular formula is C17H15ClN2O4. The molecular weight excluding hydrogens is 332 g/mol. The number of hydrogen-bond acceptors (Lipinski definition) is 4. The fourth-order valence-corrected chi connectivity index (χ4v) is 2.02. The van der Waals surface area contributed by atoms with Crippen molar-refractivity contribution in [2.24, 2.45) is 5.10 Å². The van der Waals surface area contributed by atoms with Gasteiger partial charge in [0.15, 0.2) is 6.61 Å². The van der Waals surface area contributed by atoms with Crippen molar-refractivity contribution in [3.63, 3.8) is 0 Å². The van der Waals surface area contributed by atoms with Crippen LogP contribution < -0.4 is 10.2 Å². The van der Waals surface area contributed by atoms with E-state index in [2.05, 4.69) is 10.5 Å². The number of nitrogens with one attached hydrogen (secondary N) is 1. The highest BCUT2D eigenvalue weighted by molar-refractivity contribution is 6.30. The Labute approximate surface area is 143 Å². The molecule has 0 radical (unpaired) electrons. The van der Waals surface area contributed by atoms with Crippen molar-refractivity contribution in [1.82, 2.24) is 5.43 Å². The monoisotopic (exact) mass is 346 g/mol. The van der Waals surface area contributed by atoms with Crippen molar-refractivity contribution in [2.45, 2.75) is 6.92 Å². The van der Waals surface area contributed by atoms with E-state index in [0.717, 1.165) is 5.56 Å². The molecule has 1 amide bonds. The van der Waals surface area contributed by atoms with Crippen molar-refractivity contribution < 1.29 is 19.4 Å². The molecule has 0 bridgehead atoms. The molecule has 0 saturated heterocycles. The average molecular weight is 347 g/mol. The number of halogens is 1. The van der Waals surface area contributed by atoms with Gasteiger partial charge >= 0.3 is 5.97 Å². The molecule has 24 heavy (non-hydrogen) atoms. The lowest BCUT2D eigenvalue weighted by molar-refractivity contribution is -0.139. The molecule has 0 saturated carbocycles. The van der Waals surface area contributed by atoms with Crippen LogP contribution in [0.25, 0.3) is 0 Å². The molecule has 2 aromatic carbocycles. The normalized spacial score (nSPS) is 11.0. The fraction of sp³-hybridized carbons (Fsp3) is 0.118. The van der Waals surface area contributed by atoms with Crippen LogP contribution in [-0.4, -0.2) is 29.3 Å². The predicted octanol–water partition coefficient (Wildman–Crippen LogP) is 2.96. The third-order valence-corrected chi connectivity index (χ3v) is 3.28. The molecule has 0 aliphatic heterocycles. The largest absolute Gasteiger partial charge is 0.482 e. The van der Waals surface area contributed by atoms with Crippen LogP contribution in [0.1, 0.15) is 22.8 Å². The fourth-order valence-electron chi connectivity index (χ4n) is 1.83. The topological polar surface area (TPSA) is 88.0 Å². The number of carboxylic acid groups (broad SMARTS) is 1. The number of ether oxygens (including phenoxy) is 1. The first-order chi connectivity index (χ1) is 11.5. The van der Waals surface area contributed by atoms with Gasteiger partial charge in [0.25, 0.3) is 5.91 Å². The molecule has 0 fully saturated rings. The van der Waals surface area contributed by atoms with E-state index in [-0.39, 0.29) is 5.91 Å². The Morgan fingerprint density at radius 2 is 1.88 bits per heavy atom. The Balaban J connectivity index is 2.00. The van der Waals surface area contributed by atoms with Crippen LogP contribution in [0.3, 0.4) is 0 Å². The van der Waals surface area contributed by atoms with Crippen LogP contribution in [0, 0.1) is 0 Å². The summed E-state index contributed by atoms with van der Waals surface area (Å²) in [6.07, 6.45) is 0. The quantitative estimate of drug-likeness (QED) is 0.621. The summed E-state index contributed by atoms with van der Waals surface area (Å²) in [5, 5.41) is 13.1. The van der Waals surface area contributed by atoms with Crippen molar-refractivity contribution >= 4 is 29.2 Å². The summed E-state index contributed by atoms with van der Waals surface area (Å²) in [6, 6.07) is 13.3. The van der Waals surface area contributed by atoms with Crippen LogP contribution in [0.2, 0.25) is 5.02 Å². The average Bonchev–Trinajstić information content (AvgIpc) is 2.58. The summed E-state index contributed by atoms with van der Waals surface area (Å²) in [6.45, 7) is 1.34. The minimum Gasteiger partial charge on any atom is -0.482 e. The second kappa shape index (κ2) is 8.12. The molecule has 2 N–H and O–H groups in total. The van der Waals surface area contributed by atoms with Gasteiger partial charge in [-0.15, -0.1) is 0 Å². The maximum atomic E-state index is 12.0. The van der Waals surface area contributed by atoms with Crippen LogP contribution in [0.5, 0.6) is 5.75 Å². The van der Waals surface area contributed by atoms with Gasteiger partial charge in [-0.3, -0.25) is 4.79 Å². The van der Waals surface area contributed by atoms with E-state index in [4.69, 9.17) is 21.4 Å². The van der Waals surface area contributed by atoms with Crippen LogP contribution in [0.15, 0.2) is 53.6 Å². The Morgan fingerprint density at radius 3 is 2.50 bits per heavy atom. The molecule has 0 aromatic heterocycles. The van der Waals surface area contributed by atoms with Crippen molar-refractivity contribution in [3.8, 4) is 5.75 Å². The van der Waals surface area contributed by atoms with Crippen molar-refractivity contribution in [3.05, 3.63) is 64.7 Å². The van der Waals surface area contributed by atoms with E-state index in [0.29, 0.717) is 22.0 Å². The molecule has 2 rings (SSSR count). The second-order valence-corrected chi connectivity index (χ2v) is 5.29. The van der Waals surface area contributed by atoms with Gasteiger partial charge < -0.3 is 9.84 Å². The molecule has 0 spiro atoms. The predicted molar refractivity (Wildman–Crippen MR) is 90.7 cm³/mol. The zero-order valence-corrected chi connectivity index (χ0v) is 13.6. The third-order valence-electron chi connectivity index (χ3n) is 3.05. The number of carbonyl (C=O) groups is 2. The van der Waals surface area contributed by atoms with E-state index < -0.39 is 12.6 Å². The SMILES string of the molecule is C/C(=N/NC(=O)c1cccc(Cl)c1)c1ccc(OCC(=O)O)cc1. The lowest BCUT2D eigenvalue weighted by Gasteiger charge is -2.06. The van der Waals surface area contributed by atoms with Crippen molar-refractivity contribution in [1.29, 1.82) is 0 Å². The van der Waals surface area contributed by atoms with E-state index in [1.54, 1.807) is 55.5 Å². The Kier molecular flexibility index (Phi) is 5.92. The molecule has 124 valence electrons. The number of rotatable bonds is 6. The lowest BCUT2D eigenvalue weighted by Crippen LogP contribution is -2.19. The van der Waals surface area contributed by atoms with Crippen LogP contribution in [0.4, 0.5) is 0 Å². The number of amides is 1. The van der Waals surface area contributed by atoms with E-state index in [1.165, 1.54) is 0 Å². The molecule has 0 aliphatic rings. The molecule has 0 aliphatic carbocycles.